The van der Waals surface area contributed by atoms with E-state index in [0.29, 0.717) is 12.5 Å². The van der Waals surface area contributed by atoms with Gasteiger partial charge in [0, 0.05) is 12.3 Å². The molecule has 3 nitrogen and oxygen atoms in total. The van der Waals surface area contributed by atoms with E-state index in [1.807, 2.05) is 29.1 Å². The molecule has 0 bridgehead atoms. The number of rotatable bonds is 4. The van der Waals surface area contributed by atoms with E-state index in [2.05, 4.69) is 31.1 Å². The molecule has 0 unspecified atom stereocenters. The van der Waals surface area contributed by atoms with E-state index in [0.717, 1.165) is 12.1 Å². The van der Waals surface area contributed by atoms with Crippen molar-refractivity contribution in [3.8, 4) is 11.6 Å². The average molecular weight is 216 g/mol. The van der Waals surface area contributed by atoms with Gasteiger partial charge in [0.15, 0.2) is 0 Å². The number of aryl methyl sites for hydroxylation is 1. The van der Waals surface area contributed by atoms with Crippen molar-refractivity contribution >= 4 is 0 Å². The molecule has 0 saturated heterocycles. The summed E-state index contributed by atoms with van der Waals surface area (Å²) in [4.78, 5) is 0. The molecule has 2 aromatic rings. The van der Waals surface area contributed by atoms with Gasteiger partial charge < -0.3 is 4.74 Å². The molecule has 0 radical (unpaired) electrons. The lowest BCUT2D eigenvalue weighted by Crippen LogP contribution is -1.98. The van der Waals surface area contributed by atoms with Crippen LogP contribution in [0.3, 0.4) is 0 Å². The maximum absolute atomic E-state index is 5.45. The molecule has 0 fully saturated rings. The number of hydrogen-bond acceptors (Lipinski definition) is 2. The standard InChI is InChI=1S/C13H16N2O/c1-3-10-16-13-8-9-15(14-13)12-6-4-11(2)5-7-12/h4-9H,3,10H2,1-2H3. The summed E-state index contributed by atoms with van der Waals surface area (Å²) in [6, 6.07) is 10.1. The van der Waals surface area contributed by atoms with Crippen LogP contribution in [0.2, 0.25) is 0 Å². The Labute approximate surface area is 95.7 Å². The highest BCUT2D eigenvalue weighted by Gasteiger charge is 2.00. The SMILES string of the molecule is CCCOc1ccn(-c2ccc(C)cc2)n1. The molecule has 0 aliphatic carbocycles. The molecule has 3 heteroatoms. The summed E-state index contributed by atoms with van der Waals surface area (Å²) in [5.41, 5.74) is 2.30. The smallest absolute Gasteiger partial charge is 0.233 e. The van der Waals surface area contributed by atoms with E-state index in [1.54, 1.807) is 0 Å². The van der Waals surface area contributed by atoms with Gasteiger partial charge in [-0.15, -0.1) is 5.10 Å². The van der Waals surface area contributed by atoms with Crippen LogP contribution in [-0.4, -0.2) is 16.4 Å². The quantitative estimate of drug-likeness (QED) is 0.785. The molecule has 0 N–H and O–H groups in total. The third-order valence-electron chi connectivity index (χ3n) is 2.32. The molecular formula is C13H16N2O. The van der Waals surface area contributed by atoms with Gasteiger partial charge in [-0.3, -0.25) is 0 Å². The van der Waals surface area contributed by atoms with Gasteiger partial charge >= 0.3 is 0 Å². The first-order valence-corrected chi connectivity index (χ1v) is 5.55. The molecule has 0 aliphatic rings. The average Bonchev–Trinajstić information content (AvgIpc) is 2.76. The Morgan fingerprint density at radius 2 is 1.94 bits per heavy atom. The van der Waals surface area contributed by atoms with Crippen LogP contribution in [0.15, 0.2) is 36.5 Å². The van der Waals surface area contributed by atoms with E-state index in [9.17, 15) is 0 Å². The van der Waals surface area contributed by atoms with Crippen LogP contribution in [0.25, 0.3) is 5.69 Å². The predicted octanol–water partition coefficient (Wildman–Crippen LogP) is 2.97. The maximum atomic E-state index is 5.45. The fourth-order valence-electron chi connectivity index (χ4n) is 1.43. The van der Waals surface area contributed by atoms with Crippen LogP contribution in [0.1, 0.15) is 18.9 Å². The lowest BCUT2D eigenvalue weighted by molar-refractivity contribution is 0.303. The summed E-state index contributed by atoms with van der Waals surface area (Å²) in [7, 11) is 0. The minimum Gasteiger partial charge on any atom is -0.477 e. The summed E-state index contributed by atoms with van der Waals surface area (Å²) >= 11 is 0. The minimum atomic E-state index is 0.683. The van der Waals surface area contributed by atoms with Crippen molar-refractivity contribution < 1.29 is 4.74 Å². The Balaban J connectivity index is 2.15. The maximum Gasteiger partial charge on any atom is 0.233 e. The Morgan fingerprint density at radius 3 is 2.62 bits per heavy atom. The fourth-order valence-corrected chi connectivity index (χ4v) is 1.43. The largest absolute Gasteiger partial charge is 0.477 e. The van der Waals surface area contributed by atoms with Gasteiger partial charge in [-0.05, 0) is 25.5 Å². The number of nitrogens with zero attached hydrogens (tertiary/aromatic N) is 2. The summed E-state index contributed by atoms with van der Waals surface area (Å²) in [5, 5.41) is 4.34. The summed E-state index contributed by atoms with van der Waals surface area (Å²) in [6.07, 6.45) is 2.91. The number of benzene rings is 1. The fraction of sp³-hybridized carbons (Fsp3) is 0.308. The van der Waals surface area contributed by atoms with Gasteiger partial charge in [0.25, 0.3) is 0 Å². The van der Waals surface area contributed by atoms with E-state index in [-0.39, 0.29) is 0 Å². The Kier molecular flexibility index (Phi) is 3.25. The molecule has 0 spiro atoms. The van der Waals surface area contributed by atoms with Gasteiger partial charge in [0.1, 0.15) is 0 Å². The number of ether oxygens (including phenoxy) is 1. The van der Waals surface area contributed by atoms with Crippen molar-refractivity contribution in [3.05, 3.63) is 42.1 Å². The molecule has 0 amide bonds. The third-order valence-corrected chi connectivity index (χ3v) is 2.32. The lowest BCUT2D eigenvalue weighted by atomic mass is 10.2. The number of aromatic nitrogens is 2. The molecule has 1 aromatic carbocycles. The van der Waals surface area contributed by atoms with E-state index >= 15 is 0 Å². The van der Waals surface area contributed by atoms with E-state index in [1.165, 1.54) is 5.56 Å². The van der Waals surface area contributed by atoms with Crippen molar-refractivity contribution in [2.75, 3.05) is 6.61 Å². The van der Waals surface area contributed by atoms with Crippen LogP contribution in [-0.2, 0) is 0 Å². The second kappa shape index (κ2) is 4.84. The molecule has 84 valence electrons. The summed E-state index contributed by atoms with van der Waals surface area (Å²) in [6.45, 7) is 4.87. The molecule has 0 aliphatic heterocycles. The normalized spacial score (nSPS) is 10.4. The van der Waals surface area contributed by atoms with Crippen molar-refractivity contribution in [2.24, 2.45) is 0 Å². The molecule has 1 heterocycles. The zero-order valence-electron chi connectivity index (χ0n) is 9.68. The van der Waals surface area contributed by atoms with Crippen LogP contribution < -0.4 is 4.74 Å². The number of hydrogen-bond donors (Lipinski definition) is 0. The van der Waals surface area contributed by atoms with Gasteiger partial charge in [-0.1, -0.05) is 24.6 Å². The van der Waals surface area contributed by atoms with Crippen molar-refractivity contribution in [2.45, 2.75) is 20.3 Å². The molecule has 16 heavy (non-hydrogen) atoms. The Morgan fingerprint density at radius 1 is 1.19 bits per heavy atom. The Hall–Kier alpha value is -1.77. The highest BCUT2D eigenvalue weighted by molar-refractivity contribution is 5.34. The first-order chi connectivity index (χ1) is 7.79. The zero-order valence-corrected chi connectivity index (χ0v) is 9.68. The zero-order chi connectivity index (χ0) is 11.4. The first kappa shape index (κ1) is 10.7. The van der Waals surface area contributed by atoms with Gasteiger partial charge in [-0.2, -0.15) is 0 Å². The van der Waals surface area contributed by atoms with Crippen LogP contribution in [0.4, 0.5) is 0 Å². The predicted molar refractivity (Wildman–Crippen MR) is 64.1 cm³/mol. The van der Waals surface area contributed by atoms with Crippen molar-refractivity contribution in [3.63, 3.8) is 0 Å². The molecule has 0 saturated carbocycles. The summed E-state index contributed by atoms with van der Waals surface area (Å²) in [5.74, 6) is 0.683. The van der Waals surface area contributed by atoms with Crippen molar-refractivity contribution in [1.29, 1.82) is 0 Å². The van der Waals surface area contributed by atoms with E-state index < -0.39 is 0 Å². The monoisotopic (exact) mass is 216 g/mol. The second-order valence-corrected chi connectivity index (χ2v) is 3.78. The van der Waals surface area contributed by atoms with Crippen molar-refractivity contribution in [1.82, 2.24) is 9.78 Å². The minimum absolute atomic E-state index is 0.683. The van der Waals surface area contributed by atoms with Crippen LogP contribution in [0.5, 0.6) is 5.88 Å². The highest BCUT2D eigenvalue weighted by atomic mass is 16.5. The molecular weight excluding hydrogens is 200 g/mol. The second-order valence-electron chi connectivity index (χ2n) is 3.78. The van der Waals surface area contributed by atoms with Gasteiger partial charge in [0.05, 0.1) is 12.3 Å². The summed E-state index contributed by atoms with van der Waals surface area (Å²) < 4.78 is 7.27. The molecule has 2 rings (SSSR count). The van der Waals surface area contributed by atoms with Crippen LogP contribution in [0, 0.1) is 6.92 Å². The highest BCUT2D eigenvalue weighted by Crippen LogP contribution is 2.12. The van der Waals surface area contributed by atoms with Gasteiger partial charge in [0.2, 0.25) is 5.88 Å². The first-order valence-electron chi connectivity index (χ1n) is 5.55. The van der Waals surface area contributed by atoms with Crippen LogP contribution >= 0.6 is 0 Å². The Bertz CT molecular complexity index is 445. The van der Waals surface area contributed by atoms with E-state index in [4.69, 9.17) is 4.74 Å². The third kappa shape index (κ3) is 2.42. The topological polar surface area (TPSA) is 27.1 Å². The molecule has 0 atom stereocenters. The van der Waals surface area contributed by atoms with Gasteiger partial charge in [-0.25, -0.2) is 4.68 Å². The lowest BCUT2D eigenvalue weighted by Gasteiger charge is -2.02. The molecule has 1 aromatic heterocycles.